The molecule has 0 spiro atoms. The molecular formula is C16H18N2O2S. The maximum atomic E-state index is 12.4. The van der Waals surface area contributed by atoms with E-state index in [-0.39, 0.29) is 5.91 Å². The third kappa shape index (κ3) is 2.83. The SMILES string of the molecule is Cc1noc(C)c1CSc1ccccc1C(=O)N1CCC1. The Morgan fingerprint density at radius 1 is 1.33 bits per heavy atom. The summed E-state index contributed by atoms with van der Waals surface area (Å²) in [4.78, 5) is 15.3. The summed E-state index contributed by atoms with van der Waals surface area (Å²) in [5, 5.41) is 3.97. The smallest absolute Gasteiger partial charge is 0.254 e. The average molecular weight is 302 g/mol. The summed E-state index contributed by atoms with van der Waals surface area (Å²) in [5.74, 6) is 1.76. The number of thioether (sulfide) groups is 1. The molecule has 0 bridgehead atoms. The predicted molar refractivity (Wildman–Crippen MR) is 82.5 cm³/mol. The summed E-state index contributed by atoms with van der Waals surface area (Å²) in [5.41, 5.74) is 2.84. The Labute approximate surface area is 128 Å². The van der Waals surface area contributed by atoms with E-state index in [1.807, 2.05) is 43.0 Å². The van der Waals surface area contributed by atoms with Crippen LogP contribution < -0.4 is 0 Å². The summed E-state index contributed by atoms with van der Waals surface area (Å²) < 4.78 is 5.19. The molecule has 1 saturated heterocycles. The fraction of sp³-hybridized carbons (Fsp3) is 0.375. The molecule has 2 aromatic rings. The number of carbonyl (C=O) groups excluding carboxylic acids is 1. The van der Waals surface area contributed by atoms with Crippen molar-refractivity contribution in [3.05, 3.63) is 46.8 Å². The van der Waals surface area contributed by atoms with Gasteiger partial charge in [0.1, 0.15) is 5.76 Å². The first kappa shape index (κ1) is 14.2. The van der Waals surface area contributed by atoms with Gasteiger partial charge < -0.3 is 9.42 Å². The second kappa shape index (κ2) is 5.93. The van der Waals surface area contributed by atoms with Gasteiger partial charge in [0, 0.05) is 29.3 Å². The number of hydrogen-bond acceptors (Lipinski definition) is 4. The Morgan fingerprint density at radius 3 is 2.71 bits per heavy atom. The van der Waals surface area contributed by atoms with E-state index in [0.717, 1.165) is 52.7 Å². The van der Waals surface area contributed by atoms with Gasteiger partial charge in [-0.3, -0.25) is 4.79 Å². The van der Waals surface area contributed by atoms with Crippen molar-refractivity contribution in [2.24, 2.45) is 0 Å². The number of rotatable bonds is 4. The highest BCUT2D eigenvalue weighted by atomic mass is 32.2. The molecule has 4 nitrogen and oxygen atoms in total. The Kier molecular flexibility index (Phi) is 4.01. The minimum Gasteiger partial charge on any atom is -0.361 e. The van der Waals surface area contributed by atoms with Gasteiger partial charge in [-0.25, -0.2) is 0 Å². The lowest BCUT2D eigenvalue weighted by Gasteiger charge is -2.31. The number of amides is 1. The maximum Gasteiger partial charge on any atom is 0.254 e. The van der Waals surface area contributed by atoms with Crippen LogP contribution in [0.1, 0.15) is 33.8 Å². The van der Waals surface area contributed by atoms with Crippen molar-refractivity contribution < 1.29 is 9.32 Å². The van der Waals surface area contributed by atoms with Gasteiger partial charge in [0.15, 0.2) is 0 Å². The topological polar surface area (TPSA) is 46.3 Å². The van der Waals surface area contributed by atoms with E-state index in [9.17, 15) is 4.79 Å². The second-order valence-electron chi connectivity index (χ2n) is 5.23. The molecule has 0 N–H and O–H groups in total. The van der Waals surface area contributed by atoms with Crippen LogP contribution in [0.2, 0.25) is 0 Å². The molecule has 3 rings (SSSR count). The van der Waals surface area contributed by atoms with Gasteiger partial charge in [-0.1, -0.05) is 17.3 Å². The normalized spacial score (nSPS) is 14.1. The van der Waals surface area contributed by atoms with E-state index in [0.29, 0.717) is 0 Å². The third-order valence-corrected chi connectivity index (χ3v) is 4.91. The van der Waals surface area contributed by atoms with Crippen LogP contribution in [0.4, 0.5) is 0 Å². The minimum absolute atomic E-state index is 0.142. The summed E-state index contributed by atoms with van der Waals surface area (Å²) in [6.07, 6.45) is 1.11. The van der Waals surface area contributed by atoms with Crippen LogP contribution in [0.15, 0.2) is 33.7 Å². The molecule has 1 amide bonds. The van der Waals surface area contributed by atoms with Crippen LogP contribution in [0.5, 0.6) is 0 Å². The molecule has 1 aromatic heterocycles. The first-order valence-electron chi connectivity index (χ1n) is 7.09. The largest absolute Gasteiger partial charge is 0.361 e. The lowest BCUT2D eigenvalue weighted by atomic mass is 10.1. The Bertz CT molecular complexity index is 643. The number of aryl methyl sites for hydroxylation is 2. The molecule has 5 heteroatoms. The Morgan fingerprint density at radius 2 is 2.10 bits per heavy atom. The zero-order valence-electron chi connectivity index (χ0n) is 12.3. The van der Waals surface area contributed by atoms with Crippen LogP contribution in [0, 0.1) is 13.8 Å². The van der Waals surface area contributed by atoms with Gasteiger partial charge in [-0.2, -0.15) is 0 Å². The average Bonchev–Trinajstić information content (AvgIpc) is 2.74. The highest BCUT2D eigenvalue weighted by Gasteiger charge is 2.23. The van der Waals surface area contributed by atoms with Gasteiger partial charge in [0.2, 0.25) is 0 Å². The van der Waals surface area contributed by atoms with E-state index < -0.39 is 0 Å². The van der Waals surface area contributed by atoms with Crippen LogP contribution in [0.3, 0.4) is 0 Å². The van der Waals surface area contributed by atoms with Crippen LogP contribution in [-0.4, -0.2) is 29.1 Å². The van der Waals surface area contributed by atoms with E-state index in [2.05, 4.69) is 5.16 Å². The fourth-order valence-electron chi connectivity index (χ4n) is 2.32. The second-order valence-corrected chi connectivity index (χ2v) is 6.25. The molecule has 0 atom stereocenters. The molecule has 0 saturated carbocycles. The van der Waals surface area contributed by atoms with Crippen molar-refractivity contribution in [2.75, 3.05) is 13.1 Å². The molecule has 1 aromatic carbocycles. The predicted octanol–water partition coefficient (Wildman–Crippen LogP) is 3.43. The minimum atomic E-state index is 0.142. The maximum absolute atomic E-state index is 12.4. The first-order chi connectivity index (χ1) is 10.2. The zero-order valence-corrected chi connectivity index (χ0v) is 13.1. The van der Waals surface area contributed by atoms with Crippen molar-refractivity contribution in [1.29, 1.82) is 0 Å². The summed E-state index contributed by atoms with van der Waals surface area (Å²) in [6, 6.07) is 7.82. The molecule has 1 aliphatic heterocycles. The zero-order chi connectivity index (χ0) is 14.8. The van der Waals surface area contributed by atoms with Gasteiger partial charge >= 0.3 is 0 Å². The van der Waals surface area contributed by atoms with Gasteiger partial charge in [-0.15, -0.1) is 11.8 Å². The molecule has 0 aliphatic carbocycles. The van der Waals surface area contributed by atoms with E-state index in [1.165, 1.54) is 0 Å². The van der Waals surface area contributed by atoms with Crippen LogP contribution >= 0.6 is 11.8 Å². The van der Waals surface area contributed by atoms with E-state index in [1.54, 1.807) is 11.8 Å². The van der Waals surface area contributed by atoms with Gasteiger partial charge in [0.25, 0.3) is 5.91 Å². The highest BCUT2D eigenvalue weighted by molar-refractivity contribution is 7.98. The molecule has 0 unspecified atom stereocenters. The molecule has 1 aliphatic rings. The van der Waals surface area contributed by atoms with Crippen molar-refractivity contribution in [3.8, 4) is 0 Å². The summed E-state index contributed by atoms with van der Waals surface area (Å²) in [7, 11) is 0. The van der Waals surface area contributed by atoms with E-state index >= 15 is 0 Å². The quantitative estimate of drug-likeness (QED) is 0.812. The summed E-state index contributed by atoms with van der Waals surface area (Å²) >= 11 is 1.67. The van der Waals surface area contributed by atoms with Gasteiger partial charge in [-0.05, 0) is 32.4 Å². The highest BCUT2D eigenvalue weighted by Crippen LogP contribution is 2.30. The number of aromatic nitrogens is 1. The number of benzene rings is 1. The number of nitrogens with zero attached hydrogens (tertiary/aromatic N) is 2. The molecule has 110 valence electrons. The van der Waals surface area contributed by atoms with Crippen LogP contribution in [-0.2, 0) is 5.75 Å². The molecule has 2 heterocycles. The molecular weight excluding hydrogens is 284 g/mol. The van der Waals surface area contributed by atoms with Gasteiger partial charge in [0.05, 0.1) is 11.3 Å². The first-order valence-corrected chi connectivity index (χ1v) is 8.08. The lowest BCUT2D eigenvalue weighted by Crippen LogP contribution is -2.42. The number of hydrogen-bond donors (Lipinski definition) is 0. The van der Waals surface area contributed by atoms with Crippen molar-refractivity contribution in [1.82, 2.24) is 10.1 Å². The van der Waals surface area contributed by atoms with Crippen molar-refractivity contribution in [3.63, 3.8) is 0 Å². The standard InChI is InChI=1S/C16H18N2O2S/c1-11-14(12(2)20-17-11)10-21-15-7-4-3-6-13(15)16(19)18-8-5-9-18/h3-4,6-7H,5,8-10H2,1-2H3. The summed E-state index contributed by atoms with van der Waals surface area (Å²) in [6.45, 7) is 5.62. The van der Waals surface area contributed by atoms with Crippen LogP contribution in [0.25, 0.3) is 0 Å². The number of carbonyl (C=O) groups is 1. The lowest BCUT2D eigenvalue weighted by molar-refractivity contribution is 0.0648. The Hall–Kier alpha value is -1.75. The fourth-order valence-corrected chi connectivity index (χ4v) is 3.51. The monoisotopic (exact) mass is 302 g/mol. The molecule has 0 radical (unpaired) electrons. The number of likely N-dealkylation sites (tertiary alicyclic amines) is 1. The molecule has 21 heavy (non-hydrogen) atoms. The van der Waals surface area contributed by atoms with Crippen molar-refractivity contribution >= 4 is 17.7 Å². The van der Waals surface area contributed by atoms with E-state index in [4.69, 9.17) is 4.52 Å². The molecule has 1 fully saturated rings. The Balaban J connectivity index is 1.78. The third-order valence-electron chi connectivity index (χ3n) is 3.81. The van der Waals surface area contributed by atoms with Crippen molar-refractivity contribution in [2.45, 2.75) is 30.9 Å².